The average molecular weight is 451 g/mol. The van der Waals surface area contributed by atoms with Gasteiger partial charge in [-0.25, -0.2) is 4.98 Å². The van der Waals surface area contributed by atoms with Gasteiger partial charge in [0.05, 0.1) is 12.3 Å². The van der Waals surface area contributed by atoms with E-state index in [1.54, 1.807) is 11.3 Å². The minimum Gasteiger partial charge on any atom is -0.494 e. The number of rotatable bonds is 14. The molecule has 3 rings (SSSR count). The molecule has 0 saturated heterocycles. The van der Waals surface area contributed by atoms with E-state index in [4.69, 9.17) is 9.72 Å². The molecule has 1 heterocycles. The highest BCUT2D eigenvalue weighted by molar-refractivity contribution is 7.13. The fraction of sp³-hybridized carbons (Fsp3) is 0.464. The van der Waals surface area contributed by atoms with Gasteiger partial charge >= 0.3 is 0 Å². The maximum absolute atomic E-state index is 6.03. The highest BCUT2D eigenvalue weighted by Gasteiger charge is 2.12. The van der Waals surface area contributed by atoms with E-state index in [0.29, 0.717) is 6.04 Å². The van der Waals surface area contributed by atoms with Crippen molar-refractivity contribution in [2.75, 3.05) is 19.7 Å². The predicted octanol–water partition coefficient (Wildman–Crippen LogP) is 7.93. The first-order chi connectivity index (χ1) is 15.7. The van der Waals surface area contributed by atoms with E-state index in [-0.39, 0.29) is 0 Å². The van der Waals surface area contributed by atoms with Gasteiger partial charge in [-0.2, -0.15) is 0 Å². The smallest absolute Gasteiger partial charge is 0.124 e. The molecule has 1 aromatic heterocycles. The maximum Gasteiger partial charge on any atom is 0.124 e. The minimum atomic E-state index is 0.627. The summed E-state index contributed by atoms with van der Waals surface area (Å²) in [7, 11) is 0. The molecule has 2 aromatic carbocycles. The average Bonchev–Trinajstić information content (AvgIpc) is 3.33. The lowest BCUT2D eigenvalue weighted by atomic mass is 10.1. The molecule has 0 fully saturated rings. The molecule has 0 saturated carbocycles. The lowest BCUT2D eigenvalue weighted by Crippen LogP contribution is -2.35. The third-order valence-corrected chi connectivity index (χ3v) is 6.82. The molecule has 0 aliphatic rings. The normalized spacial score (nSPS) is 12.2. The van der Waals surface area contributed by atoms with Crippen molar-refractivity contribution < 1.29 is 4.74 Å². The van der Waals surface area contributed by atoms with Crippen LogP contribution in [0.4, 0.5) is 0 Å². The molecular weight excluding hydrogens is 412 g/mol. The third kappa shape index (κ3) is 7.46. The van der Waals surface area contributed by atoms with Crippen LogP contribution in [0.1, 0.15) is 59.3 Å². The van der Waals surface area contributed by atoms with Gasteiger partial charge in [-0.3, -0.25) is 0 Å². The van der Waals surface area contributed by atoms with E-state index in [1.165, 1.54) is 50.8 Å². The number of hydrogen-bond donors (Lipinski definition) is 0. The summed E-state index contributed by atoms with van der Waals surface area (Å²) < 4.78 is 6.03. The molecule has 0 aliphatic heterocycles. The lowest BCUT2D eigenvalue weighted by molar-refractivity contribution is 0.182. The Hall–Kier alpha value is -2.17. The Morgan fingerprint density at radius 1 is 0.875 bits per heavy atom. The Balaban J connectivity index is 1.45. The molecular formula is C28H38N2OS. The van der Waals surface area contributed by atoms with Crippen molar-refractivity contribution in [1.82, 2.24) is 9.88 Å². The molecule has 0 radical (unpaired) electrons. The SMILES string of the molecule is CCCCN(CCCC)C(C)CCCOc1ccc(-c2csc(-c3ccccc3)n2)cc1. The standard InChI is InChI=1S/C28H38N2OS/c1-4-6-19-30(20-7-5-2)23(3)12-11-21-31-26-17-15-24(16-18-26)27-22-32-28(29-27)25-13-9-8-10-14-25/h8-10,13-18,22-23H,4-7,11-12,19-21H2,1-3H3. The van der Waals surface area contributed by atoms with Crippen LogP contribution in [0.5, 0.6) is 5.75 Å². The summed E-state index contributed by atoms with van der Waals surface area (Å²) in [6.45, 7) is 10.1. The summed E-state index contributed by atoms with van der Waals surface area (Å²) >= 11 is 1.69. The Labute approximate surface area is 198 Å². The zero-order valence-corrected chi connectivity index (χ0v) is 20.7. The zero-order chi connectivity index (χ0) is 22.6. The topological polar surface area (TPSA) is 25.4 Å². The summed E-state index contributed by atoms with van der Waals surface area (Å²) in [5.41, 5.74) is 3.32. The van der Waals surface area contributed by atoms with Crippen molar-refractivity contribution in [1.29, 1.82) is 0 Å². The quantitative estimate of drug-likeness (QED) is 0.233. The number of hydrogen-bond acceptors (Lipinski definition) is 4. The molecule has 0 aliphatic carbocycles. The van der Waals surface area contributed by atoms with Crippen molar-refractivity contribution in [2.24, 2.45) is 0 Å². The first-order valence-electron chi connectivity index (χ1n) is 12.2. The van der Waals surface area contributed by atoms with Gasteiger partial charge in [-0.15, -0.1) is 11.3 Å². The molecule has 172 valence electrons. The summed E-state index contributed by atoms with van der Waals surface area (Å²) in [5, 5.41) is 3.18. The van der Waals surface area contributed by atoms with Crippen LogP contribution in [0.2, 0.25) is 0 Å². The van der Waals surface area contributed by atoms with E-state index in [0.717, 1.165) is 35.0 Å². The third-order valence-electron chi connectivity index (χ3n) is 5.93. The van der Waals surface area contributed by atoms with Crippen LogP contribution in [0.15, 0.2) is 60.0 Å². The Kier molecular flexibility index (Phi) is 10.2. The monoisotopic (exact) mass is 450 g/mol. The Morgan fingerprint density at radius 3 is 2.22 bits per heavy atom. The van der Waals surface area contributed by atoms with Gasteiger partial charge in [-0.1, -0.05) is 57.0 Å². The van der Waals surface area contributed by atoms with Crippen LogP contribution >= 0.6 is 11.3 Å². The first kappa shape index (κ1) is 24.5. The summed E-state index contributed by atoms with van der Waals surface area (Å²) in [5.74, 6) is 0.939. The summed E-state index contributed by atoms with van der Waals surface area (Å²) in [4.78, 5) is 7.47. The van der Waals surface area contributed by atoms with Gasteiger partial charge in [0.15, 0.2) is 0 Å². The van der Waals surface area contributed by atoms with Crippen LogP contribution < -0.4 is 4.74 Å². The van der Waals surface area contributed by atoms with E-state index >= 15 is 0 Å². The molecule has 1 atom stereocenters. The highest BCUT2D eigenvalue weighted by Crippen LogP contribution is 2.29. The van der Waals surface area contributed by atoms with Gasteiger partial charge in [0.25, 0.3) is 0 Å². The number of aromatic nitrogens is 1. The van der Waals surface area contributed by atoms with Gasteiger partial charge in [-0.05, 0) is 70.0 Å². The number of benzene rings is 2. The van der Waals surface area contributed by atoms with Gasteiger partial charge in [0, 0.05) is 22.5 Å². The fourth-order valence-electron chi connectivity index (χ4n) is 3.87. The predicted molar refractivity (Wildman–Crippen MR) is 139 cm³/mol. The molecule has 0 amide bonds. The van der Waals surface area contributed by atoms with Gasteiger partial charge in [0.2, 0.25) is 0 Å². The van der Waals surface area contributed by atoms with Crippen LogP contribution in [0.3, 0.4) is 0 Å². The van der Waals surface area contributed by atoms with Gasteiger partial charge in [0.1, 0.15) is 10.8 Å². The van der Waals surface area contributed by atoms with Crippen molar-refractivity contribution in [2.45, 2.75) is 65.3 Å². The van der Waals surface area contributed by atoms with Crippen molar-refractivity contribution in [3.8, 4) is 27.6 Å². The van der Waals surface area contributed by atoms with Crippen molar-refractivity contribution in [3.05, 3.63) is 60.0 Å². The highest BCUT2D eigenvalue weighted by atomic mass is 32.1. The van der Waals surface area contributed by atoms with E-state index in [9.17, 15) is 0 Å². The van der Waals surface area contributed by atoms with E-state index in [1.807, 2.05) is 6.07 Å². The number of thiazole rings is 1. The summed E-state index contributed by atoms with van der Waals surface area (Å²) in [6.07, 6.45) is 7.40. The number of unbranched alkanes of at least 4 members (excludes halogenated alkanes) is 2. The second kappa shape index (κ2) is 13.4. The molecule has 4 heteroatoms. The Morgan fingerprint density at radius 2 is 1.56 bits per heavy atom. The second-order valence-electron chi connectivity index (χ2n) is 8.51. The second-order valence-corrected chi connectivity index (χ2v) is 9.37. The van der Waals surface area contributed by atoms with Crippen LogP contribution in [-0.4, -0.2) is 35.6 Å². The minimum absolute atomic E-state index is 0.627. The molecule has 32 heavy (non-hydrogen) atoms. The van der Waals surface area contributed by atoms with Crippen LogP contribution in [-0.2, 0) is 0 Å². The number of nitrogens with zero attached hydrogens (tertiary/aromatic N) is 2. The number of ether oxygens (including phenoxy) is 1. The molecule has 3 aromatic rings. The molecule has 0 N–H and O–H groups in total. The maximum atomic E-state index is 6.03. The molecule has 0 spiro atoms. The zero-order valence-electron chi connectivity index (χ0n) is 19.9. The van der Waals surface area contributed by atoms with Crippen molar-refractivity contribution in [3.63, 3.8) is 0 Å². The molecule has 1 unspecified atom stereocenters. The lowest BCUT2D eigenvalue weighted by Gasteiger charge is -2.29. The van der Waals surface area contributed by atoms with E-state index in [2.05, 4.69) is 79.6 Å². The molecule has 0 bridgehead atoms. The largest absolute Gasteiger partial charge is 0.494 e. The van der Waals surface area contributed by atoms with Crippen LogP contribution in [0.25, 0.3) is 21.8 Å². The van der Waals surface area contributed by atoms with Crippen molar-refractivity contribution >= 4 is 11.3 Å². The molecule has 3 nitrogen and oxygen atoms in total. The van der Waals surface area contributed by atoms with Crippen LogP contribution in [0, 0.1) is 0 Å². The fourth-order valence-corrected chi connectivity index (χ4v) is 4.70. The van der Waals surface area contributed by atoms with E-state index < -0.39 is 0 Å². The van der Waals surface area contributed by atoms with Gasteiger partial charge < -0.3 is 9.64 Å². The summed E-state index contributed by atoms with van der Waals surface area (Å²) in [6, 6.07) is 19.3. The Bertz CT molecular complexity index is 883. The first-order valence-corrected chi connectivity index (χ1v) is 13.1.